The van der Waals surface area contributed by atoms with Crippen LogP contribution < -0.4 is 5.32 Å². The minimum Gasteiger partial charge on any atom is -0.464 e. The first-order valence-electron chi connectivity index (χ1n) is 6.80. The Bertz CT molecular complexity index is 402. The van der Waals surface area contributed by atoms with E-state index >= 15 is 0 Å². The molecule has 19 heavy (non-hydrogen) atoms. The number of nitrogens with one attached hydrogen (secondary N) is 1. The number of esters is 1. The summed E-state index contributed by atoms with van der Waals surface area (Å²) in [5, 5.41) is 3.29. The van der Waals surface area contributed by atoms with Gasteiger partial charge in [0.25, 0.3) is 0 Å². The lowest BCUT2D eigenvalue weighted by Crippen LogP contribution is -2.50. The van der Waals surface area contributed by atoms with Crippen molar-refractivity contribution in [1.82, 2.24) is 5.32 Å². The molecule has 0 aliphatic carbocycles. The van der Waals surface area contributed by atoms with Gasteiger partial charge in [0.2, 0.25) is 0 Å². The first kappa shape index (κ1) is 15.4. The van der Waals surface area contributed by atoms with E-state index in [1.165, 1.54) is 0 Å². The molecule has 1 aromatic carbocycles. The Morgan fingerprint density at radius 2 is 2.05 bits per heavy atom. The molecule has 1 aromatic rings. The van der Waals surface area contributed by atoms with Crippen molar-refractivity contribution in [1.29, 1.82) is 0 Å². The van der Waals surface area contributed by atoms with Crippen molar-refractivity contribution in [2.24, 2.45) is 0 Å². The maximum Gasteiger partial charge on any atom is 0.330 e. The lowest BCUT2D eigenvalue weighted by atomic mass is 9.85. The van der Waals surface area contributed by atoms with Gasteiger partial charge in [-0.3, -0.25) is 5.32 Å². The Morgan fingerprint density at radius 3 is 2.58 bits per heavy atom. The van der Waals surface area contributed by atoms with Gasteiger partial charge in [-0.1, -0.05) is 49.8 Å². The normalized spacial score (nSPS) is 13.6. The third-order valence-corrected chi connectivity index (χ3v) is 3.06. The number of hydrogen-bond donors (Lipinski definition) is 1. The molecule has 0 heterocycles. The third kappa shape index (κ3) is 3.67. The molecule has 0 fully saturated rings. The highest BCUT2D eigenvalue weighted by molar-refractivity contribution is 5.82. The maximum absolute atomic E-state index is 12.4. The maximum atomic E-state index is 12.4. The van der Waals surface area contributed by atoms with Crippen LogP contribution in [-0.2, 0) is 15.1 Å². The minimum absolute atomic E-state index is 0.218. The molecular weight excluding hydrogens is 238 g/mol. The Morgan fingerprint density at radius 1 is 1.37 bits per heavy atom. The second kappa shape index (κ2) is 7.74. The molecule has 1 unspecified atom stereocenters. The quantitative estimate of drug-likeness (QED) is 0.577. The summed E-state index contributed by atoms with van der Waals surface area (Å²) in [4.78, 5) is 12.4. The lowest BCUT2D eigenvalue weighted by Gasteiger charge is -2.32. The summed E-state index contributed by atoms with van der Waals surface area (Å²) in [6, 6.07) is 9.74. The Labute approximate surface area is 115 Å². The van der Waals surface area contributed by atoms with Crippen molar-refractivity contribution in [2.45, 2.75) is 32.2 Å². The van der Waals surface area contributed by atoms with Gasteiger partial charge in [-0.25, -0.2) is 4.79 Å². The highest BCUT2D eigenvalue weighted by atomic mass is 16.5. The molecule has 0 spiro atoms. The van der Waals surface area contributed by atoms with Crippen LogP contribution in [0.2, 0.25) is 0 Å². The van der Waals surface area contributed by atoms with Gasteiger partial charge in [0.15, 0.2) is 0 Å². The summed E-state index contributed by atoms with van der Waals surface area (Å²) in [5.41, 5.74) is 0.164. The van der Waals surface area contributed by atoms with Crippen LogP contribution in [0.5, 0.6) is 0 Å². The predicted octanol–water partition coefficient (Wildman–Crippen LogP) is 3.02. The molecule has 0 saturated heterocycles. The molecule has 3 heteroatoms. The van der Waals surface area contributed by atoms with Crippen molar-refractivity contribution in [3.05, 3.63) is 48.6 Å². The molecule has 0 aliphatic heterocycles. The van der Waals surface area contributed by atoms with E-state index in [4.69, 9.17) is 4.74 Å². The topological polar surface area (TPSA) is 38.3 Å². The second-order valence-electron chi connectivity index (χ2n) is 4.41. The Kier molecular flexibility index (Phi) is 6.30. The predicted molar refractivity (Wildman–Crippen MR) is 77.9 cm³/mol. The molecule has 1 rings (SSSR count). The SMILES string of the molecule is C=CCNC(CCC)(C(=O)OCC)c1ccccc1. The molecule has 0 aromatic heterocycles. The van der Waals surface area contributed by atoms with Gasteiger partial charge in [-0.15, -0.1) is 6.58 Å². The summed E-state index contributed by atoms with van der Waals surface area (Å²) in [6.07, 6.45) is 3.34. The molecule has 0 amide bonds. The highest BCUT2D eigenvalue weighted by Gasteiger charge is 2.40. The van der Waals surface area contributed by atoms with Gasteiger partial charge in [0.05, 0.1) is 6.61 Å². The van der Waals surface area contributed by atoms with Gasteiger partial charge < -0.3 is 4.74 Å². The fourth-order valence-electron chi connectivity index (χ4n) is 2.23. The molecule has 3 nitrogen and oxygen atoms in total. The van der Waals surface area contributed by atoms with Gasteiger partial charge in [-0.05, 0) is 18.9 Å². The smallest absolute Gasteiger partial charge is 0.330 e. The average Bonchev–Trinajstić information content (AvgIpc) is 2.44. The number of ether oxygens (including phenoxy) is 1. The zero-order valence-electron chi connectivity index (χ0n) is 11.8. The minimum atomic E-state index is -0.778. The largest absolute Gasteiger partial charge is 0.464 e. The van der Waals surface area contributed by atoms with Gasteiger partial charge >= 0.3 is 5.97 Å². The van der Waals surface area contributed by atoms with Crippen LogP contribution >= 0.6 is 0 Å². The molecule has 0 bridgehead atoms. The first-order chi connectivity index (χ1) is 9.21. The van der Waals surface area contributed by atoms with Crippen LogP contribution in [0, 0.1) is 0 Å². The second-order valence-corrected chi connectivity index (χ2v) is 4.41. The van der Waals surface area contributed by atoms with E-state index in [-0.39, 0.29) is 5.97 Å². The summed E-state index contributed by atoms with van der Waals surface area (Å²) in [5.74, 6) is -0.218. The van der Waals surface area contributed by atoms with Gasteiger partial charge in [0, 0.05) is 6.54 Å². The number of hydrogen-bond acceptors (Lipinski definition) is 3. The van der Waals surface area contributed by atoms with E-state index in [0.717, 1.165) is 12.0 Å². The van der Waals surface area contributed by atoms with E-state index in [2.05, 4.69) is 18.8 Å². The number of rotatable bonds is 8. The molecular formula is C16H23NO2. The fraction of sp³-hybridized carbons (Fsp3) is 0.438. The molecule has 1 N–H and O–H groups in total. The Balaban J connectivity index is 3.17. The zero-order chi connectivity index (χ0) is 14.1. The fourth-order valence-corrected chi connectivity index (χ4v) is 2.23. The van der Waals surface area contributed by atoms with Gasteiger partial charge in [0.1, 0.15) is 5.54 Å². The number of carbonyl (C=O) groups is 1. The van der Waals surface area contributed by atoms with Crippen LogP contribution in [0.3, 0.4) is 0 Å². The average molecular weight is 261 g/mol. The van der Waals surface area contributed by atoms with Crippen molar-refractivity contribution in [2.75, 3.05) is 13.2 Å². The van der Waals surface area contributed by atoms with Crippen molar-refractivity contribution in [3.8, 4) is 0 Å². The molecule has 0 saturated carbocycles. The van der Waals surface area contributed by atoms with Crippen LogP contribution in [-0.4, -0.2) is 19.1 Å². The van der Waals surface area contributed by atoms with Crippen LogP contribution in [0.1, 0.15) is 32.3 Å². The highest BCUT2D eigenvalue weighted by Crippen LogP contribution is 2.28. The molecule has 0 aliphatic rings. The van der Waals surface area contributed by atoms with Crippen LogP contribution in [0.4, 0.5) is 0 Å². The van der Waals surface area contributed by atoms with E-state index in [9.17, 15) is 4.79 Å². The van der Waals surface area contributed by atoms with E-state index in [1.807, 2.05) is 37.3 Å². The van der Waals surface area contributed by atoms with E-state index in [0.29, 0.717) is 19.6 Å². The van der Waals surface area contributed by atoms with Crippen molar-refractivity contribution < 1.29 is 9.53 Å². The van der Waals surface area contributed by atoms with E-state index < -0.39 is 5.54 Å². The molecule has 104 valence electrons. The van der Waals surface area contributed by atoms with E-state index in [1.54, 1.807) is 6.08 Å². The zero-order valence-corrected chi connectivity index (χ0v) is 11.8. The third-order valence-electron chi connectivity index (χ3n) is 3.06. The molecule has 1 atom stereocenters. The van der Waals surface area contributed by atoms with Crippen LogP contribution in [0.15, 0.2) is 43.0 Å². The van der Waals surface area contributed by atoms with Crippen LogP contribution in [0.25, 0.3) is 0 Å². The summed E-state index contributed by atoms with van der Waals surface area (Å²) in [7, 11) is 0. The monoisotopic (exact) mass is 261 g/mol. The number of carbonyl (C=O) groups excluding carboxylic acids is 1. The summed E-state index contributed by atoms with van der Waals surface area (Å²) < 4.78 is 5.28. The molecule has 0 radical (unpaired) electrons. The van der Waals surface area contributed by atoms with Crippen molar-refractivity contribution >= 4 is 5.97 Å². The standard InChI is InChI=1S/C16H23NO2/c1-4-12-16(17-13-5-2,15(18)19-6-3)14-10-8-7-9-11-14/h5,7-11,17H,2,4,6,12-13H2,1,3H3. The summed E-state index contributed by atoms with van der Waals surface area (Å²) in [6.45, 7) is 8.54. The Hall–Kier alpha value is -1.61. The van der Waals surface area contributed by atoms with Gasteiger partial charge in [-0.2, -0.15) is 0 Å². The van der Waals surface area contributed by atoms with Crippen molar-refractivity contribution in [3.63, 3.8) is 0 Å². The number of benzene rings is 1. The lowest BCUT2D eigenvalue weighted by molar-refractivity contribution is -0.152. The summed E-state index contributed by atoms with van der Waals surface area (Å²) >= 11 is 0. The first-order valence-corrected chi connectivity index (χ1v) is 6.80.